The Morgan fingerprint density at radius 1 is 1.20 bits per heavy atom. The standard InChI is InChI=1S/C23H26N4O3/c24-17-5-3-4-16(12-17)20(14-26-10-1-2-11-26)27(22(28)15-6-7-15)18-8-9-21-19(13-18)25-23(29)30-21/h3-5,8-9,12-13,15,20H,1-2,6-7,10-11,14,24H2,(H,25,29)/t20-/m1/s1. The first-order valence-electron chi connectivity index (χ1n) is 10.6. The van der Waals surface area contributed by atoms with Gasteiger partial charge < -0.3 is 20.0 Å². The minimum Gasteiger partial charge on any atom is -0.408 e. The van der Waals surface area contributed by atoms with Gasteiger partial charge in [0.1, 0.15) is 0 Å². The zero-order chi connectivity index (χ0) is 20.7. The number of oxazole rings is 1. The van der Waals surface area contributed by atoms with E-state index in [1.54, 1.807) is 6.07 Å². The molecule has 0 spiro atoms. The van der Waals surface area contributed by atoms with Gasteiger partial charge in [-0.1, -0.05) is 12.1 Å². The van der Waals surface area contributed by atoms with Crippen molar-refractivity contribution in [3.63, 3.8) is 0 Å². The summed E-state index contributed by atoms with van der Waals surface area (Å²) in [5.41, 5.74) is 9.66. The largest absolute Gasteiger partial charge is 0.417 e. The summed E-state index contributed by atoms with van der Waals surface area (Å²) in [7, 11) is 0. The molecule has 2 fully saturated rings. The zero-order valence-corrected chi connectivity index (χ0v) is 16.8. The first kappa shape index (κ1) is 18.9. The van der Waals surface area contributed by atoms with E-state index in [0.29, 0.717) is 16.8 Å². The topological polar surface area (TPSA) is 95.6 Å². The summed E-state index contributed by atoms with van der Waals surface area (Å²) in [5.74, 6) is -0.301. The molecule has 30 heavy (non-hydrogen) atoms. The Morgan fingerprint density at radius 2 is 2.00 bits per heavy atom. The van der Waals surface area contributed by atoms with Gasteiger partial charge in [-0.15, -0.1) is 0 Å². The lowest BCUT2D eigenvalue weighted by Crippen LogP contribution is -2.42. The molecule has 7 heteroatoms. The lowest BCUT2D eigenvalue weighted by molar-refractivity contribution is -0.120. The molecule has 0 bridgehead atoms. The maximum absolute atomic E-state index is 13.5. The number of nitrogens with one attached hydrogen (secondary N) is 1. The molecule has 1 saturated heterocycles. The number of aromatic nitrogens is 1. The van der Waals surface area contributed by atoms with Crippen LogP contribution in [0, 0.1) is 5.92 Å². The molecule has 0 unspecified atom stereocenters. The number of hydrogen-bond acceptors (Lipinski definition) is 5. The fourth-order valence-electron chi connectivity index (χ4n) is 4.39. The number of nitrogens with two attached hydrogens (primary N) is 1. The fourth-order valence-corrected chi connectivity index (χ4v) is 4.39. The van der Waals surface area contributed by atoms with Crippen molar-refractivity contribution in [2.24, 2.45) is 5.92 Å². The van der Waals surface area contributed by atoms with E-state index in [1.807, 2.05) is 41.3 Å². The number of carbonyl (C=O) groups excluding carboxylic acids is 1. The van der Waals surface area contributed by atoms with Gasteiger partial charge in [0.2, 0.25) is 5.91 Å². The highest BCUT2D eigenvalue weighted by molar-refractivity contribution is 5.98. The molecule has 1 amide bonds. The van der Waals surface area contributed by atoms with Crippen molar-refractivity contribution >= 4 is 28.4 Å². The molecule has 2 aliphatic rings. The van der Waals surface area contributed by atoms with Crippen molar-refractivity contribution in [1.82, 2.24) is 9.88 Å². The number of hydrogen-bond donors (Lipinski definition) is 2. The van der Waals surface area contributed by atoms with Crippen LogP contribution in [0.15, 0.2) is 51.7 Å². The molecule has 1 aromatic heterocycles. The summed E-state index contributed by atoms with van der Waals surface area (Å²) in [6.45, 7) is 2.83. The van der Waals surface area contributed by atoms with Gasteiger partial charge in [0, 0.05) is 23.8 Å². The Morgan fingerprint density at radius 3 is 2.73 bits per heavy atom. The van der Waals surface area contributed by atoms with E-state index < -0.39 is 5.76 Å². The minimum absolute atomic E-state index is 0.0613. The minimum atomic E-state index is -0.494. The van der Waals surface area contributed by atoms with Gasteiger partial charge in [0.25, 0.3) is 0 Å². The Labute approximate surface area is 174 Å². The predicted octanol–water partition coefficient (Wildman–Crippen LogP) is 3.28. The zero-order valence-electron chi connectivity index (χ0n) is 16.8. The lowest BCUT2D eigenvalue weighted by atomic mass is 10.0. The maximum Gasteiger partial charge on any atom is 0.417 e. The van der Waals surface area contributed by atoms with Crippen molar-refractivity contribution in [3.8, 4) is 0 Å². The van der Waals surface area contributed by atoms with Gasteiger partial charge in [0.15, 0.2) is 5.58 Å². The number of fused-ring (bicyclic) bond motifs is 1. The van der Waals surface area contributed by atoms with E-state index in [9.17, 15) is 9.59 Å². The number of nitrogens with zero attached hydrogens (tertiary/aromatic N) is 2. The van der Waals surface area contributed by atoms with Crippen molar-refractivity contribution in [2.75, 3.05) is 30.3 Å². The summed E-state index contributed by atoms with van der Waals surface area (Å²) < 4.78 is 5.15. The number of likely N-dealkylation sites (tertiary alicyclic amines) is 1. The van der Waals surface area contributed by atoms with Crippen molar-refractivity contribution in [2.45, 2.75) is 31.7 Å². The Bertz CT molecular complexity index is 1120. The smallest absolute Gasteiger partial charge is 0.408 e. The second kappa shape index (κ2) is 7.65. The number of aromatic amines is 1. The van der Waals surface area contributed by atoms with E-state index in [2.05, 4.69) is 9.88 Å². The van der Waals surface area contributed by atoms with E-state index in [1.165, 1.54) is 12.8 Å². The highest BCUT2D eigenvalue weighted by atomic mass is 16.4. The maximum atomic E-state index is 13.5. The molecular formula is C23H26N4O3. The quantitative estimate of drug-likeness (QED) is 0.613. The summed E-state index contributed by atoms with van der Waals surface area (Å²) in [5, 5.41) is 0. The molecule has 1 atom stereocenters. The number of carbonyl (C=O) groups is 1. The molecule has 1 aliphatic carbocycles. The summed E-state index contributed by atoms with van der Waals surface area (Å²) in [6.07, 6.45) is 4.21. The third kappa shape index (κ3) is 3.73. The molecular weight excluding hydrogens is 380 g/mol. The van der Waals surface area contributed by atoms with Crippen LogP contribution in [0.2, 0.25) is 0 Å². The second-order valence-corrected chi connectivity index (χ2v) is 8.37. The summed E-state index contributed by atoms with van der Waals surface area (Å²) >= 11 is 0. The SMILES string of the molecule is Nc1cccc([C@@H](CN2CCCC2)N(C(=O)C2CC2)c2ccc3oc(=O)[nH]c3c2)c1. The normalized spacial score (nSPS) is 18.0. The van der Waals surface area contributed by atoms with Gasteiger partial charge in [-0.3, -0.25) is 9.78 Å². The van der Waals surface area contributed by atoms with Crippen LogP contribution in [0.4, 0.5) is 11.4 Å². The number of benzene rings is 2. The van der Waals surface area contributed by atoms with Crippen LogP contribution in [-0.4, -0.2) is 35.4 Å². The molecule has 2 heterocycles. The van der Waals surface area contributed by atoms with Gasteiger partial charge in [-0.05, 0) is 74.7 Å². The average molecular weight is 406 g/mol. The molecule has 5 rings (SSSR count). The molecule has 3 aromatic rings. The highest BCUT2D eigenvalue weighted by Gasteiger charge is 2.38. The van der Waals surface area contributed by atoms with Crippen LogP contribution >= 0.6 is 0 Å². The fraction of sp³-hybridized carbons (Fsp3) is 0.391. The third-order valence-electron chi connectivity index (χ3n) is 6.08. The number of H-pyrrole nitrogens is 1. The van der Waals surface area contributed by atoms with E-state index in [4.69, 9.17) is 10.2 Å². The second-order valence-electron chi connectivity index (χ2n) is 8.37. The van der Waals surface area contributed by atoms with Crippen LogP contribution in [0.1, 0.15) is 37.3 Å². The summed E-state index contributed by atoms with van der Waals surface area (Å²) in [6, 6.07) is 13.1. The first-order chi connectivity index (χ1) is 14.6. The van der Waals surface area contributed by atoms with Gasteiger partial charge in [-0.2, -0.15) is 0 Å². The van der Waals surface area contributed by atoms with Crippen molar-refractivity contribution in [3.05, 3.63) is 58.6 Å². The number of amides is 1. The van der Waals surface area contributed by atoms with Crippen molar-refractivity contribution < 1.29 is 9.21 Å². The molecule has 156 valence electrons. The molecule has 3 N–H and O–H groups in total. The Hall–Kier alpha value is -3.06. The predicted molar refractivity (Wildman–Crippen MR) is 116 cm³/mol. The van der Waals surface area contributed by atoms with Crippen molar-refractivity contribution in [1.29, 1.82) is 0 Å². The van der Waals surface area contributed by atoms with E-state index >= 15 is 0 Å². The van der Waals surface area contributed by atoms with Crippen LogP contribution < -0.4 is 16.4 Å². The Balaban J connectivity index is 1.60. The average Bonchev–Trinajstić information content (AvgIpc) is 3.33. The molecule has 0 radical (unpaired) electrons. The number of rotatable bonds is 6. The number of nitrogen functional groups attached to an aromatic ring is 1. The highest BCUT2D eigenvalue weighted by Crippen LogP contribution is 2.38. The number of anilines is 2. The van der Waals surface area contributed by atoms with Crippen LogP contribution in [0.3, 0.4) is 0 Å². The van der Waals surface area contributed by atoms with Crippen LogP contribution in [-0.2, 0) is 4.79 Å². The molecule has 1 aliphatic heterocycles. The van der Waals surface area contributed by atoms with Gasteiger partial charge in [-0.25, -0.2) is 4.79 Å². The third-order valence-corrected chi connectivity index (χ3v) is 6.08. The first-order valence-corrected chi connectivity index (χ1v) is 10.6. The van der Waals surface area contributed by atoms with Crippen LogP contribution in [0.25, 0.3) is 11.1 Å². The van der Waals surface area contributed by atoms with Crippen LogP contribution in [0.5, 0.6) is 0 Å². The van der Waals surface area contributed by atoms with E-state index in [-0.39, 0.29) is 17.9 Å². The molecule has 7 nitrogen and oxygen atoms in total. The Kier molecular flexibility index (Phi) is 4.83. The molecule has 2 aromatic carbocycles. The molecule has 1 saturated carbocycles. The van der Waals surface area contributed by atoms with E-state index in [0.717, 1.165) is 43.7 Å². The van der Waals surface area contributed by atoms with Gasteiger partial charge in [0.05, 0.1) is 11.6 Å². The summed E-state index contributed by atoms with van der Waals surface area (Å²) in [4.78, 5) is 32.2. The lowest BCUT2D eigenvalue weighted by Gasteiger charge is -2.35. The van der Waals surface area contributed by atoms with Gasteiger partial charge >= 0.3 is 5.76 Å². The monoisotopic (exact) mass is 406 g/mol.